The number of carbonyl (C=O) groups excluding carboxylic acids is 2. The Bertz CT molecular complexity index is 1000. The molecule has 0 radical (unpaired) electrons. The van der Waals surface area contributed by atoms with Gasteiger partial charge in [-0.05, 0) is 31.5 Å². The summed E-state index contributed by atoms with van der Waals surface area (Å²) in [7, 11) is 0. The molecular weight excluding hydrogens is 310 g/mol. The summed E-state index contributed by atoms with van der Waals surface area (Å²) in [6.07, 6.45) is 3.14. The van der Waals surface area contributed by atoms with Crippen molar-refractivity contribution in [3.05, 3.63) is 69.5 Å². The number of fused-ring (bicyclic) bond motifs is 1. The molecule has 3 heterocycles. The zero-order chi connectivity index (χ0) is 17.3. The van der Waals surface area contributed by atoms with E-state index in [0.29, 0.717) is 16.9 Å². The van der Waals surface area contributed by atoms with Crippen LogP contribution < -0.4 is 5.56 Å². The van der Waals surface area contributed by atoms with Crippen molar-refractivity contribution in [2.75, 3.05) is 0 Å². The maximum atomic E-state index is 12.1. The normalized spacial score (nSPS) is 10.8. The SMILES string of the molecule is CC(=O)c1c[nH]c(C(=O)OCc2cc(=O)n3cc(C)ccc3n2)c1. The van der Waals surface area contributed by atoms with Gasteiger partial charge in [-0.15, -0.1) is 0 Å². The number of aromatic nitrogens is 3. The molecule has 3 aromatic heterocycles. The van der Waals surface area contributed by atoms with Crippen LogP contribution in [0, 0.1) is 6.92 Å². The van der Waals surface area contributed by atoms with E-state index in [2.05, 4.69) is 9.97 Å². The van der Waals surface area contributed by atoms with Gasteiger partial charge in [0.05, 0.1) is 5.69 Å². The molecule has 0 saturated heterocycles. The summed E-state index contributed by atoms with van der Waals surface area (Å²) in [5, 5.41) is 0. The predicted octanol–water partition coefficient (Wildman–Crippen LogP) is 1.89. The summed E-state index contributed by atoms with van der Waals surface area (Å²) in [5.74, 6) is -0.766. The molecule has 0 saturated carbocycles. The van der Waals surface area contributed by atoms with Crippen molar-refractivity contribution >= 4 is 17.4 Å². The lowest BCUT2D eigenvalue weighted by molar-refractivity contribution is 0.0461. The van der Waals surface area contributed by atoms with Gasteiger partial charge in [0.15, 0.2) is 5.78 Å². The first kappa shape index (κ1) is 15.7. The maximum Gasteiger partial charge on any atom is 0.355 e. The number of H-pyrrole nitrogens is 1. The Morgan fingerprint density at radius 3 is 2.79 bits per heavy atom. The highest BCUT2D eigenvalue weighted by Crippen LogP contribution is 2.08. The van der Waals surface area contributed by atoms with Crippen molar-refractivity contribution in [3.8, 4) is 0 Å². The molecule has 122 valence electrons. The number of hydrogen-bond acceptors (Lipinski definition) is 5. The van der Waals surface area contributed by atoms with Gasteiger partial charge in [-0.25, -0.2) is 9.78 Å². The number of ketones is 1. The van der Waals surface area contributed by atoms with E-state index in [9.17, 15) is 14.4 Å². The first-order valence-corrected chi connectivity index (χ1v) is 7.29. The largest absolute Gasteiger partial charge is 0.455 e. The minimum absolute atomic E-state index is 0.132. The summed E-state index contributed by atoms with van der Waals surface area (Å²) in [6, 6.07) is 6.33. The molecule has 0 amide bonds. The Kier molecular flexibility index (Phi) is 3.99. The number of esters is 1. The van der Waals surface area contributed by atoms with Crippen LogP contribution in [0.15, 0.2) is 41.5 Å². The molecule has 0 aromatic carbocycles. The summed E-state index contributed by atoms with van der Waals surface area (Å²) in [6.45, 7) is 3.16. The van der Waals surface area contributed by atoms with Crippen LogP contribution in [0.3, 0.4) is 0 Å². The smallest absolute Gasteiger partial charge is 0.355 e. The molecule has 3 rings (SSSR count). The first-order chi connectivity index (χ1) is 11.4. The number of aryl methyl sites for hydroxylation is 1. The predicted molar refractivity (Wildman–Crippen MR) is 86.1 cm³/mol. The fourth-order valence-corrected chi connectivity index (χ4v) is 2.26. The Labute approximate surface area is 136 Å². The van der Waals surface area contributed by atoms with Crippen molar-refractivity contribution in [2.24, 2.45) is 0 Å². The van der Waals surface area contributed by atoms with E-state index in [4.69, 9.17) is 4.74 Å². The lowest BCUT2D eigenvalue weighted by atomic mass is 10.2. The van der Waals surface area contributed by atoms with Crippen molar-refractivity contribution in [3.63, 3.8) is 0 Å². The first-order valence-electron chi connectivity index (χ1n) is 7.29. The van der Waals surface area contributed by atoms with Gasteiger partial charge < -0.3 is 9.72 Å². The Morgan fingerprint density at radius 2 is 2.08 bits per heavy atom. The van der Waals surface area contributed by atoms with Crippen LogP contribution in [0.1, 0.15) is 39.0 Å². The Hall–Kier alpha value is -3.22. The minimum atomic E-state index is -0.617. The molecule has 0 aliphatic rings. The standard InChI is InChI=1S/C17H15N3O4/c1-10-3-4-15-19-13(6-16(22)20(15)8-10)9-24-17(23)14-5-12(7-18-14)11(2)21/h3-8,18H,9H2,1-2H3. The number of rotatable bonds is 4. The second-order valence-electron chi connectivity index (χ2n) is 5.45. The van der Waals surface area contributed by atoms with Crippen LogP contribution in [-0.4, -0.2) is 26.1 Å². The van der Waals surface area contributed by atoms with Gasteiger partial charge in [-0.1, -0.05) is 6.07 Å². The van der Waals surface area contributed by atoms with Crippen molar-refractivity contribution in [2.45, 2.75) is 20.5 Å². The molecule has 0 bridgehead atoms. The minimum Gasteiger partial charge on any atom is -0.455 e. The Morgan fingerprint density at radius 1 is 1.29 bits per heavy atom. The second kappa shape index (κ2) is 6.11. The van der Waals surface area contributed by atoms with E-state index < -0.39 is 5.97 Å². The van der Waals surface area contributed by atoms with Crippen LogP contribution in [-0.2, 0) is 11.3 Å². The van der Waals surface area contributed by atoms with Crippen molar-refractivity contribution < 1.29 is 14.3 Å². The lowest BCUT2D eigenvalue weighted by Gasteiger charge is -2.06. The third-order valence-electron chi connectivity index (χ3n) is 3.52. The molecule has 0 aliphatic carbocycles. The number of carbonyl (C=O) groups is 2. The Balaban J connectivity index is 1.77. The average Bonchev–Trinajstić information content (AvgIpc) is 3.04. The maximum absolute atomic E-state index is 12.1. The van der Waals surface area contributed by atoms with E-state index in [1.165, 1.54) is 29.7 Å². The summed E-state index contributed by atoms with van der Waals surface area (Å²) >= 11 is 0. The van der Waals surface area contributed by atoms with Gasteiger partial charge in [0.25, 0.3) is 5.56 Å². The number of nitrogens with one attached hydrogen (secondary N) is 1. The fraction of sp³-hybridized carbons (Fsp3) is 0.176. The summed E-state index contributed by atoms with van der Waals surface area (Å²) in [5.41, 5.74) is 2.12. The van der Waals surface area contributed by atoms with Crippen LogP contribution in [0.2, 0.25) is 0 Å². The van der Waals surface area contributed by atoms with Crippen LogP contribution >= 0.6 is 0 Å². The number of aromatic amines is 1. The summed E-state index contributed by atoms with van der Waals surface area (Å²) in [4.78, 5) is 42.3. The zero-order valence-corrected chi connectivity index (χ0v) is 13.2. The second-order valence-corrected chi connectivity index (χ2v) is 5.45. The third kappa shape index (κ3) is 3.10. The number of nitrogens with zero attached hydrogens (tertiary/aromatic N) is 2. The highest BCUT2D eigenvalue weighted by Gasteiger charge is 2.13. The third-order valence-corrected chi connectivity index (χ3v) is 3.52. The van der Waals surface area contributed by atoms with Gasteiger partial charge >= 0.3 is 5.97 Å². The topological polar surface area (TPSA) is 93.5 Å². The molecule has 1 N–H and O–H groups in total. The van der Waals surface area contributed by atoms with Crippen molar-refractivity contribution in [1.82, 2.24) is 14.4 Å². The lowest BCUT2D eigenvalue weighted by Crippen LogP contribution is -2.17. The quantitative estimate of drug-likeness (QED) is 0.584. The van der Waals surface area contributed by atoms with E-state index in [0.717, 1.165) is 5.56 Å². The highest BCUT2D eigenvalue weighted by atomic mass is 16.5. The summed E-state index contributed by atoms with van der Waals surface area (Å²) < 4.78 is 6.58. The number of Topliss-reactive ketones (excluding diaryl/α,β-unsaturated/α-hetero) is 1. The molecule has 3 aromatic rings. The zero-order valence-electron chi connectivity index (χ0n) is 13.2. The average molecular weight is 325 g/mol. The van der Waals surface area contributed by atoms with Gasteiger partial charge in [-0.2, -0.15) is 0 Å². The van der Waals surface area contributed by atoms with E-state index in [1.807, 2.05) is 13.0 Å². The number of ether oxygens (including phenoxy) is 1. The molecule has 0 atom stereocenters. The van der Waals surface area contributed by atoms with Crippen molar-refractivity contribution in [1.29, 1.82) is 0 Å². The van der Waals surface area contributed by atoms with Crippen LogP contribution in [0.25, 0.3) is 5.65 Å². The van der Waals surface area contributed by atoms with Gasteiger partial charge in [-0.3, -0.25) is 14.0 Å². The molecule has 0 spiro atoms. The van der Waals surface area contributed by atoms with E-state index >= 15 is 0 Å². The molecule has 0 aliphatic heterocycles. The molecular formula is C17H15N3O4. The van der Waals surface area contributed by atoms with E-state index in [1.54, 1.807) is 12.3 Å². The van der Waals surface area contributed by atoms with Gasteiger partial charge in [0.1, 0.15) is 17.9 Å². The molecule has 24 heavy (non-hydrogen) atoms. The monoisotopic (exact) mass is 325 g/mol. The number of hydrogen-bond donors (Lipinski definition) is 1. The number of pyridine rings is 1. The molecule has 0 fully saturated rings. The van der Waals surface area contributed by atoms with E-state index in [-0.39, 0.29) is 23.6 Å². The molecule has 7 heteroatoms. The van der Waals surface area contributed by atoms with Crippen LogP contribution in [0.5, 0.6) is 0 Å². The van der Waals surface area contributed by atoms with Gasteiger partial charge in [0.2, 0.25) is 0 Å². The van der Waals surface area contributed by atoms with Crippen LogP contribution in [0.4, 0.5) is 0 Å². The fourth-order valence-electron chi connectivity index (χ4n) is 2.26. The van der Waals surface area contributed by atoms with Gasteiger partial charge in [0, 0.05) is 24.0 Å². The highest BCUT2D eigenvalue weighted by molar-refractivity contribution is 5.97. The molecule has 0 unspecified atom stereocenters. The molecule has 7 nitrogen and oxygen atoms in total.